The van der Waals surface area contributed by atoms with E-state index in [2.05, 4.69) is 4.72 Å². The minimum atomic E-state index is -3.52. The molecule has 0 radical (unpaired) electrons. The van der Waals surface area contributed by atoms with Gasteiger partial charge in [0.15, 0.2) is 0 Å². The van der Waals surface area contributed by atoms with E-state index in [9.17, 15) is 18.0 Å². The summed E-state index contributed by atoms with van der Waals surface area (Å²) in [6, 6.07) is 9.72. The normalized spacial score (nSPS) is 17.6. The summed E-state index contributed by atoms with van der Waals surface area (Å²) in [6.45, 7) is 1.89. The largest absolute Gasteiger partial charge is 0.335 e. The highest BCUT2D eigenvalue weighted by molar-refractivity contribution is 7.89. The Hall–Kier alpha value is -2.23. The van der Waals surface area contributed by atoms with Gasteiger partial charge in [-0.25, -0.2) is 13.1 Å². The third-order valence-electron chi connectivity index (χ3n) is 4.90. The van der Waals surface area contributed by atoms with Gasteiger partial charge in [0.25, 0.3) is 11.8 Å². The van der Waals surface area contributed by atoms with Crippen LogP contribution in [0.15, 0.2) is 46.7 Å². The lowest BCUT2D eigenvalue weighted by Crippen LogP contribution is -2.50. The van der Waals surface area contributed by atoms with Crippen molar-refractivity contribution < 1.29 is 18.0 Å². The van der Waals surface area contributed by atoms with Crippen molar-refractivity contribution in [3.63, 3.8) is 0 Å². The summed E-state index contributed by atoms with van der Waals surface area (Å²) < 4.78 is 27.1. The Balaban J connectivity index is 1.36. The standard InChI is InChI=1S/C19H21N3O4S2/c23-18(14-3-7-16(8-4-14)28(25,26)20-15-5-6-15)21-9-11-22(12-10-21)19(24)17-2-1-13-27-17/h1-4,7-8,13,15,20H,5-6,9-12H2. The number of thiophene rings is 1. The number of hydrogen-bond acceptors (Lipinski definition) is 5. The Bertz CT molecular complexity index is 959. The second kappa shape index (κ2) is 7.65. The number of nitrogens with one attached hydrogen (secondary N) is 1. The molecule has 0 bridgehead atoms. The van der Waals surface area contributed by atoms with Gasteiger partial charge in [0.2, 0.25) is 10.0 Å². The van der Waals surface area contributed by atoms with E-state index in [1.807, 2.05) is 11.4 Å². The van der Waals surface area contributed by atoms with Crippen molar-refractivity contribution >= 4 is 33.2 Å². The molecule has 0 atom stereocenters. The molecule has 1 saturated heterocycles. The molecule has 0 spiro atoms. The molecule has 2 fully saturated rings. The number of amides is 2. The van der Waals surface area contributed by atoms with E-state index >= 15 is 0 Å². The minimum absolute atomic E-state index is 0.000166. The predicted molar refractivity (Wildman–Crippen MR) is 106 cm³/mol. The van der Waals surface area contributed by atoms with Crippen molar-refractivity contribution in [2.45, 2.75) is 23.8 Å². The SMILES string of the molecule is O=C(c1ccc(S(=O)(=O)NC2CC2)cc1)N1CCN(C(=O)c2cccs2)CC1. The summed E-state index contributed by atoms with van der Waals surface area (Å²) in [5.74, 6) is -0.151. The van der Waals surface area contributed by atoms with Crippen LogP contribution in [-0.4, -0.2) is 62.3 Å². The predicted octanol–water partition coefficient (Wildman–Crippen LogP) is 1.79. The number of carbonyl (C=O) groups excluding carboxylic acids is 2. The number of nitrogens with zero attached hydrogens (tertiary/aromatic N) is 2. The highest BCUT2D eigenvalue weighted by atomic mass is 32.2. The Labute approximate surface area is 168 Å². The zero-order chi connectivity index (χ0) is 19.7. The highest BCUT2D eigenvalue weighted by Gasteiger charge is 2.29. The average molecular weight is 420 g/mol. The lowest BCUT2D eigenvalue weighted by molar-refractivity contribution is 0.0538. The third kappa shape index (κ3) is 4.11. The Kier molecular flexibility index (Phi) is 5.22. The molecule has 1 aliphatic heterocycles. The van der Waals surface area contributed by atoms with Crippen molar-refractivity contribution in [1.82, 2.24) is 14.5 Å². The van der Waals surface area contributed by atoms with Crippen molar-refractivity contribution in [2.24, 2.45) is 0 Å². The van der Waals surface area contributed by atoms with Crippen molar-refractivity contribution in [1.29, 1.82) is 0 Å². The molecule has 2 amide bonds. The Morgan fingerprint density at radius 2 is 1.54 bits per heavy atom. The first-order valence-corrected chi connectivity index (χ1v) is 11.5. The maximum atomic E-state index is 12.7. The van der Waals surface area contributed by atoms with E-state index in [0.29, 0.717) is 36.6 Å². The number of piperazine rings is 1. The number of hydrogen-bond donors (Lipinski definition) is 1. The van der Waals surface area contributed by atoms with E-state index in [-0.39, 0.29) is 22.8 Å². The molecular formula is C19H21N3O4S2. The lowest BCUT2D eigenvalue weighted by Gasteiger charge is -2.34. The maximum Gasteiger partial charge on any atom is 0.264 e. The molecule has 4 rings (SSSR count). The van der Waals surface area contributed by atoms with Crippen LogP contribution in [0.25, 0.3) is 0 Å². The molecule has 148 valence electrons. The van der Waals surface area contributed by atoms with Crippen LogP contribution in [-0.2, 0) is 10.0 Å². The molecule has 7 nitrogen and oxygen atoms in total. The van der Waals surface area contributed by atoms with Gasteiger partial charge in [-0.2, -0.15) is 0 Å². The second-order valence-corrected chi connectivity index (χ2v) is 9.64. The number of rotatable bonds is 5. The summed E-state index contributed by atoms with van der Waals surface area (Å²) in [7, 11) is -3.52. The van der Waals surface area contributed by atoms with E-state index < -0.39 is 10.0 Å². The van der Waals surface area contributed by atoms with Crippen LogP contribution in [0, 0.1) is 0 Å². The molecular weight excluding hydrogens is 398 g/mol. The lowest BCUT2D eigenvalue weighted by atomic mass is 10.2. The molecule has 1 aromatic heterocycles. The van der Waals surface area contributed by atoms with E-state index in [1.165, 1.54) is 23.5 Å². The maximum absolute atomic E-state index is 12.7. The van der Waals surface area contributed by atoms with Gasteiger partial charge < -0.3 is 9.80 Å². The molecule has 28 heavy (non-hydrogen) atoms. The first-order chi connectivity index (χ1) is 13.4. The molecule has 2 aliphatic rings. The van der Waals surface area contributed by atoms with E-state index in [0.717, 1.165) is 12.8 Å². The molecule has 1 saturated carbocycles. The fourth-order valence-electron chi connectivity index (χ4n) is 3.12. The van der Waals surface area contributed by atoms with Crippen molar-refractivity contribution in [3.8, 4) is 0 Å². The van der Waals surface area contributed by atoms with Crippen LogP contribution in [0.5, 0.6) is 0 Å². The van der Waals surface area contributed by atoms with Crippen LogP contribution >= 0.6 is 11.3 Å². The van der Waals surface area contributed by atoms with Crippen LogP contribution in [0.1, 0.15) is 32.9 Å². The summed E-state index contributed by atoms with van der Waals surface area (Å²) in [5.41, 5.74) is 0.448. The first kappa shape index (κ1) is 19.1. The van der Waals surface area contributed by atoms with Crippen LogP contribution in [0.3, 0.4) is 0 Å². The third-order valence-corrected chi connectivity index (χ3v) is 7.29. The quantitative estimate of drug-likeness (QED) is 0.801. The highest BCUT2D eigenvalue weighted by Crippen LogP contribution is 2.22. The second-order valence-electron chi connectivity index (χ2n) is 6.98. The van der Waals surface area contributed by atoms with Gasteiger partial charge in [-0.15, -0.1) is 11.3 Å². The van der Waals surface area contributed by atoms with Gasteiger partial charge in [0, 0.05) is 37.8 Å². The fraction of sp³-hybridized carbons (Fsp3) is 0.368. The molecule has 0 unspecified atom stereocenters. The molecule has 9 heteroatoms. The van der Waals surface area contributed by atoms with Gasteiger partial charge in [-0.05, 0) is 48.6 Å². The van der Waals surface area contributed by atoms with Gasteiger partial charge in [0.1, 0.15) is 0 Å². The average Bonchev–Trinajstić information content (AvgIpc) is 3.34. The Morgan fingerprint density at radius 3 is 2.07 bits per heavy atom. The van der Waals surface area contributed by atoms with Crippen molar-refractivity contribution in [3.05, 3.63) is 52.2 Å². The van der Waals surface area contributed by atoms with Gasteiger partial charge in [-0.1, -0.05) is 6.07 Å². The fourth-order valence-corrected chi connectivity index (χ4v) is 5.11. The summed E-state index contributed by atoms with van der Waals surface area (Å²) >= 11 is 1.41. The van der Waals surface area contributed by atoms with Gasteiger partial charge >= 0.3 is 0 Å². The molecule has 1 N–H and O–H groups in total. The number of sulfonamides is 1. The van der Waals surface area contributed by atoms with E-state index in [4.69, 9.17) is 0 Å². The van der Waals surface area contributed by atoms with Crippen LogP contribution in [0.2, 0.25) is 0 Å². The number of carbonyl (C=O) groups is 2. The van der Waals surface area contributed by atoms with Crippen LogP contribution < -0.4 is 4.72 Å². The van der Waals surface area contributed by atoms with E-state index in [1.54, 1.807) is 28.0 Å². The van der Waals surface area contributed by atoms with Gasteiger partial charge in [-0.3, -0.25) is 9.59 Å². The summed E-state index contributed by atoms with van der Waals surface area (Å²) in [5, 5.41) is 1.87. The zero-order valence-corrected chi connectivity index (χ0v) is 16.8. The Morgan fingerprint density at radius 1 is 0.929 bits per heavy atom. The monoisotopic (exact) mass is 419 g/mol. The topological polar surface area (TPSA) is 86.8 Å². The number of benzene rings is 1. The summed E-state index contributed by atoms with van der Waals surface area (Å²) in [4.78, 5) is 29.4. The zero-order valence-electron chi connectivity index (χ0n) is 15.2. The van der Waals surface area contributed by atoms with Crippen LogP contribution in [0.4, 0.5) is 0 Å². The molecule has 1 aliphatic carbocycles. The first-order valence-electron chi connectivity index (χ1n) is 9.18. The molecule has 2 heterocycles. The minimum Gasteiger partial charge on any atom is -0.335 e. The smallest absolute Gasteiger partial charge is 0.264 e. The van der Waals surface area contributed by atoms with Crippen molar-refractivity contribution in [2.75, 3.05) is 26.2 Å². The molecule has 1 aromatic carbocycles. The summed E-state index contributed by atoms with van der Waals surface area (Å²) in [6.07, 6.45) is 1.74. The van der Waals surface area contributed by atoms with Gasteiger partial charge in [0.05, 0.1) is 9.77 Å². The molecule has 2 aromatic rings.